The summed E-state index contributed by atoms with van der Waals surface area (Å²) in [6.07, 6.45) is 5.40. The first-order chi connectivity index (χ1) is 10.7. The van der Waals surface area contributed by atoms with Crippen LogP contribution < -0.4 is 0 Å². The van der Waals surface area contributed by atoms with Gasteiger partial charge in [0.05, 0.1) is 17.4 Å². The van der Waals surface area contributed by atoms with Gasteiger partial charge in [-0.25, -0.2) is 4.98 Å². The van der Waals surface area contributed by atoms with Crippen LogP contribution in [0, 0.1) is 12.8 Å². The SMILES string of the molecule is Cc1cc(-c2noc(C(O)C3CCCC3)n2)cc2[nH]cnc12. The average Bonchev–Trinajstić information content (AvgIpc) is 3.26. The molecule has 22 heavy (non-hydrogen) atoms. The Morgan fingerprint density at radius 1 is 1.32 bits per heavy atom. The van der Waals surface area contributed by atoms with Gasteiger partial charge in [0.25, 0.3) is 5.89 Å². The zero-order valence-electron chi connectivity index (χ0n) is 12.4. The molecule has 1 atom stereocenters. The number of rotatable bonds is 3. The number of fused-ring (bicyclic) bond motifs is 1. The molecule has 6 heteroatoms. The first-order valence-corrected chi connectivity index (χ1v) is 7.68. The molecule has 0 amide bonds. The Morgan fingerprint density at radius 3 is 2.95 bits per heavy atom. The predicted molar refractivity (Wildman–Crippen MR) is 81.0 cm³/mol. The highest BCUT2D eigenvalue weighted by molar-refractivity contribution is 5.83. The van der Waals surface area contributed by atoms with Crippen molar-refractivity contribution >= 4 is 11.0 Å². The van der Waals surface area contributed by atoms with Crippen LogP contribution in [0.2, 0.25) is 0 Å². The molecule has 2 aromatic heterocycles. The summed E-state index contributed by atoms with van der Waals surface area (Å²) in [7, 11) is 0. The van der Waals surface area contributed by atoms with Gasteiger partial charge in [0.15, 0.2) is 0 Å². The largest absolute Gasteiger partial charge is 0.383 e. The zero-order valence-corrected chi connectivity index (χ0v) is 12.4. The second-order valence-electron chi connectivity index (χ2n) is 6.04. The van der Waals surface area contributed by atoms with Crippen LogP contribution in [-0.2, 0) is 0 Å². The molecule has 4 rings (SSSR count). The number of H-pyrrole nitrogens is 1. The lowest BCUT2D eigenvalue weighted by Gasteiger charge is -2.12. The normalized spacial score (nSPS) is 17.4. The van der Waals surface area contributed by atoms with E-state index in [1.807, 2.05) is 19.1 Å². The van der Waals surface area contributed by atoms with E-state index in [0.717, 1.165) is 35.0 Å². The van der Waals surface area contributed by atoms with E-state index in [0.29, 0.717) is 11.7 Å². The molecule has 6 nitrogen and oxygen atoms in total. The number of nitrogens with zero attached hydrogens (tertiary/aromatic N) is 3. The number of imidazole rings is 1. The summed E-state index contributed by atoms with van der Waals surface area (Å²) < 4.78 is 5.29. The molecule has 1 fully saturated rings. The smallest absolute Gasteiger partial charge is 0.256 e. The summed E-state index contributed by atoms with van der Waals surface area (Å²) in [6, 6.07) is 3.94. The maximum Gasteiger partial charge on any atom is 0.256 e. The van der Waals surface area contributed by atoms with Crippen LogP contribution in [0.5, 0.6) is 0 Å². The van der Waals surface area contributed by atoms with Crippen molar-refractivity contribution in [3.63, 3.8) is 0 Å². The van der Waals surface area contributed by atoms with Crippen LogP contribution in [0.4, 0.5) is 0 Å². The van der Waals surface area contributed by atoms with Gasteiger partial charge in [0, 0.05) is 5.56 Å². The van der Waals surface area contributed by atoms with Gasteiger partial charge >= 0.3 is 0 Å². The number of benzene rings is 1. The second-order valence-corrected chi connectivity index (χ2v) is 6.04. The summed E-state index contributed by atoms with van der Waals surface area (Å²) in [6.45, 7) is 2.00. The first-order valence-electron chi connectivity index (χ1n) is 7.68. The third kappa shape index (κ3) is 2.20. The lowest BCUT2D eigenvalue weighted by molar-refractivity contribution is 0.0768. The average molecular weight is 298 g/mol. The monoisotopic (exact) mass is 298 g/mol. The van der Waals surface area contributed by atoms with Gasteiger partial charge in [-0.15, -0.1) is 0 Å². The van der Waals surface area contributed by atoms with E-state index >= 15 is 0 Å². The fourth-order valence-electron chi connectivity index (χ4n) is 3.30. The number of aromatic amines is 1. The highest BCUT2D eigenvalue weighted by Gasteiger charge is 2.29. The molecule has 2 N–H and O–H groups in total. The minimum Gasteiger partial charge on any atom is -0.383 e. The lowest BCUT2D eigenvalue weighted by atomic mass is 10.0. The summed E-state index contributed by atoms with van der Waals surface area (Å²) in [5.41, 5.74) is 3.80. The van der Waals surface area contributed by atoms with E-state index in [2.05, 4.69) is 20.1 Å². The summed E-state index contributed by atoms with van der Waals surface area (Å²) in [4.78, 5) is 11.8. The highest BCUT2D eigenvalue weighted by Crippen LogP contribution is 2.35. The van der Waals surface area contributed by atoms with Crippen LogP contribution in [0.1, 0.15) is 43.2 Å². The minimum atomic E-state index is -0.652. The van der Waals surface area contributed by atoms with Crippen molar-refractivity contribution in [2.75, 3.05) is 0 Å². The van der Waals surface area contributed by atoms with Gasteiger partial charge in [0.1, 0.15) is 6.10 Å². The van der Waals surface area contributed by atoms with Gasteiger partial charge in [-0.2, -0.15) is 4.98 Å². The van der Waals surface area contributed by atoms with Gasteiger partial charge in [-0.1, -0.05) is 18.0 Å². The Hall–Kier alpha value is -2.21. The number of aryl methyl sites for hydroxylation is 1. The van der Waals surface area contributed by atoms with Crippen molar-refractivity contribution in [1.82, 2.24) is 20.1 Å². The second kappa shape index (κ2) is 5.21. The summed E-state index contributed by atoms with van der Waals surface area (Å²) >= 11 is 0. The number of hydrogen-bond donors (Lipinski definition) is 2. The van der Waals surface area contributed by atoms with E-state index in [4.69, 9.17) is 4.52 Å². The highest BCUT2D eigenvalue weighted by atomic mass is 16.5. The molecule has 1 aliphatic rings. The molecule has 0 bridgehead atoms. The van der Waals surface area contributed by atoms with Crippen LogP contribution in [0.3, 0.4) is 0 Å². The molecule has 0 radical (unpaired) electrons. The van der Waals surface area contributed by atoms with Gasteiger partial charge < -0.3 is 14.6 Å². The Balaban J connectivity index is 1.67. The van der Waals surface area contributed by atoms with E-state index in [9.17, 15) is 5.11 Å². The van der Waals surface area contributed by atoms with Crippen molar-refractivity contribution < 1.29 is 9.63 Å². The fourth-order valence-corrected chi connectivity index (χ4v) is 3.30. The lowest BCUT2D eigenvalue weighted by Crippen LogP contribution is -2.09. The van der Waals surface area contributed by atoms with Crippen molar-refractivity contribution in [3.05, 3.63) is 29.9 Å². The molecule has 2 heterocycles. The number of aromatic nitrogens is 4. The van der Waals surface area contributed by atoms with Crippen LogP contribution in [0.15, 0.2) is 23.0 Å². The molecule has 0 spiro atoms. The van der Waals surface area contributed by atoms with Crippen molar-refractivity contribution in [2.45, 2.75) is 38.7 Å². The fraction of sp³-hybridized carbons (Fsp3) is 0.438. The van der Waals surface area contributed by atoms with Crippen molar-refractivity contribution in [2.24, 2.45) is 5.92 Å². The van der Waals surface area contributed by atoms with Gasteiger partial charge in [0.2, 0.25) is 5.82 Å². The van der Waals surface area contributed by atoms with Crippen LogP contribution >= 0.6 is 0 Å². The zero-order chi connectivity index (χ0) is 15.1. The molecule has 1 unspecified atom stereocenters. The van der Waals surface area contributed by atoms with Crippen molar-refractivity contribution in [1.29, 1.82) is 0 Å². The molecule has 0 aliphatic heterocycles. The van der Waals surface area contributed by atoms with E-state index in [-0.39, 0.29) is 5.92 Å². The molecule has 3 aromatic rings. The van der Waals surface area contributed by atoms with Gasteiger partial charge in [-0.05, 0) is 43.4 Å². The quantitative estimate of drug-likeness (QED) is 0.775. The third-order valence-electron chi connectivity index (χ3n) is 4.51. The molecule has 1 aromatic carbocycles. The number of hydrogen-bond acceptors (Lipinski definition) is 5. The maximum atomic E-state index is 10.4. The Bertz CT molecular complexity index is 801. The van der Waals surface area contributed by atoms with E-state index < -0.39 is 6.10 Å². The Labute approximate surface area is 127 Å². The van der Waals surface area contributed by atoms with Crippen LogP contribution in [0.25, 0.3) is 22.4 Å². The van der Waals surface area contributed by atoms with Crippen LogP contribution in [-0.4, -0.2) is 25.2 Å². The Kier molecular flexibility index (Phi) is 3.18. The number of aliphatic hydroxyl groups is 1. The predicted octanol–water partition coefficient (Wildman–Crippen LogP) is 3.14. The minimum absolute atomic E-state index is 0.241. The topological polar surface area (TPSA) is 87.8 Å². The molecular weight excluding hydrogens is 280 g/mol. The summed E-state index contributed by atoms with van der Waals surface area (Å²) in [5, 5.41) is 14.4. The third-order valence-corrected chi connectivity index (χ3v) is 4.51. The van der Waals surface area contributed by atoms with E-state index in [1.54, 1.807) is 6.33 Å². The van der Waals surface area contributed by atoms with E-state index in [1.165, 1.54) is 12.8 Å². The standard InChI is InChI=1S/C16H18N4O2/c1-9-6-11(7-12-13(9)18-8-17-12)15-19-16(22-20-15)14(21)10-4-2-3-5-10/h6-8,10,14,21H,2-5H2,1H3,(H,17,18). The molecule has 114 valence electrons. The molecule has 0 saturated heterocycles. The van der Waals surface area contributed by atoms with Crippen molar-refractivity contribution in [3.8, 4) is 11.4 Å². The molecule has 1 saturated carbocycles. The first kappa shape index (κ1) is 13.5. The molecular formula is C16H18N4O2. The van der Waals surface area contributed by atoms with Gasteiger partial charge in [-0.3, -0.25) is 0 Å². The number of nitrogens with one attached hydrogen (secondary N) is 1. The Morgan fingerprint density at radius 2 is 2.14 bits per heavy atom. The molecule has 1 aliphatic carbocycles. The number of aliphatic hydroxyl groups excluding tert-OH is 1. The summed E-state index contributed by atoms with van der Waals surface area (Å²) in [5.74, 6) is 1.07. The maximum absolute atomic E-state index is 10.4.